The van der Waals surface area contributed by atoms with E-state index in [4.69, 9.17) is 43.3 Å². The molecule has 14 heteroatoms. The molecule has 90 heavy (non-hydrogen) atoms. The van der Waals surface area contributed by atoms with E-state index in [1.54, 1.807) is 12.1 Å². The lowest BCUT2D eigenvalue weighted by atomic mass is 9.87. The molecule has 12 aromatic rings. The van der Waals surface area contributed by atoms with E-state index in [-0.39, 0.29) is 54.5 Å². The summed E-state index contributed by atoms with van der Waals surface area (Å²) in [6, 6.07) is 65.2. The van der Waals surface area contributed by atoms with Crippen molar-refractivity contribution in [1.29, 1.82) is 10.8 Å². The van der Waals surface area contributed by atoms with Crippen molar-refractivity contribution in [3.63, 3.8) is 0 Å². The Morgan fingerprint density at radius 1 is 0.378 bits per heavy atom. The summed E-state index contributed by atoms with van der Waals surface area (Å²) in [6.45, 7) is 20.2. The molecule has 0 amide bonds. The fourth-order valence-electron chi connectivity index (χ4n) is 10.4. The molecule has 452 valence electrons. The Kier molecular flexibility index (Phi) is 16.5. The molecule has 3 heterocycles. The summed E-state index contributed by atoms with van der Waals surface area (Å²) in [5.41, 5.74) is 13.2. The number of hydrogen-bond acceptors (Lipinski definition) is 13. The summed E-state index contributed by atoms with van der Waals surface area (Å²) in [5, 5.41) is 37.2. The number of ether oxygens (including phenoxy) is 5. The highest BCUT2D eigenvalue weighted by Gasteiger charge is 2.22. The molecule has 9 aromatic carbocycles. The highest BCUT2D eigenvalue weighted by molar-refractivity contribution is 6.07. The monoisotopic (exact) mass is 1190 g/mol. The topological polar surface area (TPSA) is 187 Å². The average Bonchev–Trinajstić information content (AvgIpc) is 2.82. The third-order valence-corrected chi connectivity index (χ3v) is 15.8. The largest absolute Gasteiger partial charge is 0.489 e. The van der Waals surface area contributed by atoms with Crippen LogP contribution in [-0.2, 0) is 47.4 Å². The van der Waals surface area contributed by atoms with Gasteiger partial charge in [0.05, 0.1) is 5.52 Å². The quantitative estimate of drug-likeness (QED) is 0.0548. The Morgan fingerprint density at radius 3 is 1.19 bits per heavy atom. The van der Waals surface area contributed by atoms with Crippen LogP contribution in [0.4, 0.5) is 0 Å². The smallest absolute Gasteiger partial charge is 0.248 e. The molecule has 0 aliphatic rings. The maximum Gasteiger partial charge on any atom is 0.248 e. The molecule has 0 fully saturated rings. The highest BCUT2D eigenvalue weighted by Crippen LogP contribution is 2.42. The standard InChI is InChI=1S/C76H71N7O7/c1-74(2,3)57-32-26-52(27-33-57)69(78)88-68(77)51-20-14-47(15-21-51)43-85-65-40-50(46-84-60-38-39-62-61-12-10-11-13-63(61)79-64(62)42-60)41-66(86-44-48-16-22-53(23-17-48)70-80-82-72(89-70)55-28-34-58(35-29-55)75(4,5)6)67(65)87-45-49-18-24-54(25-19-49)71-81-83-73(90-71)56-30-36-59(37-31-56)76(7,8)9/h10-42,77-79H,43-46H2,1-9H3. The molecule has 0 saturated heterocycles. The zero-order valence-electron chi connectivity index (χ0n) is 52.0. The number of aromatic amines is 1. The van der Waals surface area contributed by atoms with Gasteiger partial charge in [0.1, 0.15) is 32.2 Å². The van der Waals surface area contributed by atoms with Gasteiger partial charge in [-0.15, -0.1) is 20.4 Å². The second kappa shape index (κ2) is 24.9. The summed E-state index contributed by atoms with van der Waals surface area (Å²) in [6.07, 6.45) is 0. The van der Waals surface area contributed by atoms with Gasteiger partial charge in [0.15, 0.2) is 11.5 Å². The van der Waals surface area contributed by atoms with Gasteiger partial charge in [0, 0.05) is 55.7 Å². The normalized spacial score (nSPS) is 11.9. The molecule has 3 aromatic heterocycles. The van der Waals surface area contributed by atoms with Gasteiger partial charge in [-0.05, 0) is 158 Å². The molecule has 0 unspecified atom stereocenters. The first-order valence-electron chi connectivity index (χ1n) is 30.1. The van der Waals surface area contributed by atoms with Gasteiger partial charge in [-0.1, -0.05) is 153 Å². The van der Waals surface area contributed by atoms with Gasteiger partial charge in [-0.3, -0.25) is 10.8 Å². The minimum Gasteiger partial charge on any atom is -0.489 e. The van der Waals surface area contributed by atoms with Crippen molar-refractivity contribution < 1.29 is 32.5 Å². The zero-order valence-corrected chi connectivity index (χ0v) is 52.0. The van der Waals surface area contributed by atoms with Crippen molar-refractivity contribution in [2.24, 2.45) is 0 Å². The molecule has 0 bridgehead atoms. The molecule has 0 spiro atoms. The van der Waals surface area contributed by atoms with Gasteiger partial charge < -0.3 is 37.5 Å². The Hall–Kier alpha value is -10.6. The van der Waals surface area contributed by atoms with Crippen LogP contribution in [0.2, 0.25) is 0 Å². The third-order valence-electron chi connectivity index (χ3n) is 15.8. The number of hydrogen-bond donors (Lipinski definition) is 3. The van der Waals surface area contributed by atoms with E-state index < -0.39 is 0 Å². The maximum atomic E-state index is 8.77. The van der Waals surface area contributed by atoms with Gasteiger partial charge in [0.2, 0.25) is 41.1 Å². The van der Waals surface area contributed by atoms with Crippen LogP contribution in [-0.4, -0.2) is 37.2 Å². The third kappa shape index (κ3) is 13.7. The van der Waals surface area contributed by atoms with Crippen LogP contribution in [0.3, 0.4) is 0 Å². The second-order valence-electron chi connectivity index (χ2n) is 25.6. The first-order valence-corrected chi connectivity index (χ1v) is 30.1. The number of H-pyrrole nitrogens is 1. The Labute approximate surface area is 523 Å². The summed E-state index contributed by atoms with van der Waals surface area (Å²) < 4.78 is 45.0. The van der Waals surface area contributed by atoms with Crippen LogP contribution in [0.1, 0.15) is 112 Å². The van der Waals surface area contributed by atoms with E-state index >= 15 is 0 Å². The molecule has 0 atom stereocenters. The number of nitrogens with one attached hydrogen (secondary N) is 3. The van der Waals surface area contributed by atoms with Crippen LogP contribution in [0.5, 0.6) is 23.0 Å². The van der Waals surface area contributed by atoms with E-state index in [2.05, 4.69) is 130 Å². The first kappa shape index (κ1) is 59.7. The lowest BCUT2D eigenvalue weighted by Gasteiger charge is -2.19. The molecule has 14 nitrogen and oxygen atoms in total. The van der Waals surface area contributed by atoms with Crippen molar-refractivity contribution in [3.05, 3.63) is 250 Å². The van der Waals surface area contributed by atoms with Gasteiger partial charge >= 0.3 is 0 Å². The number of para-hydroxylation sites is 1. The van der Waals surface area contributed by atoms with E-state index in [1.807, 2.05) is 146 Å². The van der Waals surface area contributed by atoms with Crippen molar-refractivity contribution in [1.82, 2.24) is 25.4 Å². The lowest BCUT2D eigenvalue weighted by Crippen LogP contribution is -2.14. The van der Waals surface area contributed by atoms with Crippen molar-refractivity contribution in [2.45, 2.75) is 105 Å². The van der Waals surface area contributed by atoms with Crippen LogP contribution < -0.4 is 18.9 Å². The fraction of sp³-hybridized carbons (Fsp3) is 0.211. The Morgan fingerprint density at radius 2 is 0.744 bits per heavy atom. The van der Waals surface area contributed by atoms with Gasteiger partial charge in [0.25, 0.3) is 0 Å². The maximum absolute atomic E-state index is 8.77. The molecule has 3 N–H and O–H groups in total. The van der Waals surface area contributed by atoms with Crippen LogP contribution in [0.25, 0.3) is 67.6 Å². The lowest BCUT2D eigenvalue weighted by molar-refractivity contribution is 0.228. The minimum atomic E-state index is -0.144. The second-order valence-corrected chi connectivity index (χ2v) is 25.6. The van der Waals surface area contributed by atoms with E-state index in [0.29, 0.717) is 57.7 Å². The SMILES string of the molecule is CC(C)(C)c1ccc(C(=N)OC(=N)c2ccc(COc3cc(COc4ccc5c(c4)[nH]c4ccccc45)cc(OCc4ccc(-c5nnc(-c6ccc(C(C)(C)C)cc6)o5)cc4)c3OCc3ccc(-c4nnc(-c5ccc(C(C)(C)C)cc5)o4)cc3)cc2)cc1. The minimum absolute atomic E-state index is 0.0192. The van der Waals surface area contributed by atoms with Crippen LogP contribution >= 0.6 is 0 Å². The van der Waals surface area contributed by atoms with Gasteiger partial charge in [-0.2, -0.15) is 0 Å². The Bertz CT molecular complexity index is 4510. The van der Waals surface area contributed by atoms with Crippen molar-refractivity contribution >= 4 is 33.6 Å². The summed E-state index contributed by atoms with van der Waals surface area (Å²) in [7, 11) is 0. The van der Waals surface area contributed by atoms with E-state index in [1.165, 1.54) is 11.1 Å². The molecule has 12 rings (SSSR count). The number of aromatic nitrogens is 5. The molecule has 0 radical (unpaired) electrons. The molecule has 0 aliphatic carbocycles. The van der Waals surface area contributed by atoms with Crippen LogP contribution in [0.15, 0.2) is 209 Å². The van der Waals surface area contributed by atoms with Crippen molar-refractivity contribution in [2.75, 3.05) is 0 Å². The fourth-order valence-corrected chi connectivity index (χ4v) is 10.4. The molecular weight excluding hydrogens is 1120 g/mol. The zero-order chi connectivity index (χ0) is 62.7. The summed E-state index contributed by atoms with van der Waals surface area (Å²) >= 11 is 0. The highest BCUT2D eigenvalue weighted by atomic mass is 16.5. The predicted molar refractivity (Wildman–Crippen MR) is 354 cm³/mol. The number of benzene rings is 9. The molecular formula is C76H71N7O7. The predicted octanol–water partition coefficient (Wildman–Crippen LogP) is 18.3. The number of fused-ring (bicyclic) bond motifs is 3. The first-order chi connectivity index (χ1) is 43.2. The van der Waals surface area contributed by atoms with E-state index in [9.17, 15) is 0 Å². The summed E-state index contributed by atoms with van der Waals surface area (Å²) in [4.78, 5) is 3.53. The van der Waals surface area contributed by atoms with Gasteiger partial charge in [-0.25, -0.2) is 0 Å². The van der Waals surface area contributed by atoms with Crippen LogP contribution in [0, 0.1) is 10.8 Å². The average molecular weight is 1190 g/mol. The Balaban J connectivity index is 0.819. The molecule has 0 aliphatic heterocycles. The molecule has 0 saturated carbocycles. The summed E-state index contributed by atoms with van der Waals surface area (Å²) in [5.74, 6) is 3.36. The number of nitrogens with zero attached hydrogens (tertiary/aromatic N) is 4. The van der Waals surface area contributed by atoms with Crippen molar-refractivity contribution in [3.8, 4) is 68.8 Å². The number of rotatable bonds is 18. The van der Waals surface area contributed by atoms with E-state index in [0.717, 1.165) is 71.9 Å².